The first-order valence-corrected chi connectivity index (χ1v) is 7.30. The summed E-state index contributed by atoms with van der Waals surface area (Å²) >= 11 is 7.01. The number of aromatic nitrogens is 2. The van der Waals surface area contributed by atoms with E-state index in [4.69, 9.17) is 11.6 Å². The quantitative estimate of drug-likeness (QED) is 0.861. The van der Waals surface area contributed by atoms with Crippen molar-refractivity contribution in [2.75, 3.05) is 11.2 Å². The molecule has 0 fully saturated rings. The third-order valence-corrected chi connectivity index (χ3v) is 3.66. The minimum Gasteiger partial charge on any atom is -0.296 e. The maximum Gasteiger partial charge on any atom is 0.257 e. The van der Waals surface area contributed by atoms with E-state index in [0.29, 0.717) is 16.6 Å². The van der Waals surface area contributed by atoms with Crippen LogP contribution in [-0.4, -0.2) is 22.0 Å². The van der Waals surface area contributed by atoms with E-state index in [9.17, 15) is 4.79 Å². The summed E-state index contributed by atoms with van der Waals surface area (Å²) < 4.78 is 0. The Morgan fingerprint density at radius 2 is 2.26 bits per heavy atom. The number of amides is 1. The molecule has 0 aliphatic carbocycles. The van der Waals surface area contributed by atoms with Crippen molar-refractivity contribution < 1.29 is 4.79 Å². The smallest absolute Gasteiger partial charge is 0.257 e. The van der Waals surface area contributed by atoms with Gasteiger partial charge in [0.25, 0.3) is 5.91 Å². The first kappa shape index (κ1) is 14.0. The summed E-state index contributed by atoms with van der Waals surface area (Å²) in [6.07, 6.45) is 1.66. The van der Waals surface area contributed by atoms with E-state index in [1.807, 2.05) is 25.1 Å². The molecule has 0 atom stereocenters. The highest BCUT2D eigenvalue weighted by molar-refractivity contribution is 7.15. The Kier molecular flexibility index (Phi) is 4.87. The first-order chi connectivity index (χ1) is 9.19. The summed E-state index contributed by atoms with van der Waals surface area (Å²) in [5, 5.41) is 12.1. The largest absolute Gasteiger partial charge is 0.296 e. The van der Waals surface area contributed by atoms with Crippen molar-refractivity contribution in [2.45, 2.75) is 19.8 Å². The molecule has 0 saturated carbocycles. The fourth-order valence-electron chi connectivity index (χ4n) is 1.58. The van der Waals surface area contributed by atoms with Crippen LogP contribution >= 0.6 is 22.9 Å². The van der Waals surface area contributed by atoms with Crippen LogP contribution in [0, 0.1) is 6.92 Å². The average Bonchev–Trinajstić information content (AvgIpc) is 2.84. The van der Waals surface area contributed by atoms with E-state index < -0.39 is 0 Å². The molecule has 100 valence electrons. The standard InChI is InChI=1S/C13H14ClN3OS/c1-9-4-2-5-10(8-9)12(18)15-13-17-16-11(19-13)6-3-7-14/h2,4-5,8H,3,6-7H2,1H3,(H,15,17,18). The molecule has 19 heavy (non-hydrogen) atoms. The molecule has 0 aliphatic heterocycles. The number of rotatable bonds is 5. The monoisotopic (exact) mass is 295 g/mol. The number of carbonyl (C=O) groups excluding carboxylic acids is 1. The van der Waals surface area contributed by atoms with E-state index in [2.05, 4.69) is 15.5 Å². The minimum atomic E-state index is -0.163. The minimum absolute atomic E-state index is 0.163. The van der Waals surface area contributed by atoms with Gasteiger partial charge < -0.3 is 0 Å². The second-order valence-electron chi connectivity index (χ2n) is 4.12. The highest BCUT2D eigenvalue weighted by atomic mass is 35.5. The van der Waals surface area contributed by atoms with Gasteiger partial charge in [0, 0.05) is 17.9 Å². The Morgan fingerprint density at radius 1 is 1.42 bits per heavy atom. The summed E-state index contributed by atoms with van der Waals surface area (Å²) in [5.74, 6) is 0.439. The Morgan fingerprint density at radius 3 is 3.00 bits per heavy atom. The van der Waals surface area contributed by atoms with Crippen molar-refractivity contribution in [1.29, 1.82) is 0 Å². The maximum atomic E-state index is 12.0. The number of benzene rings is 1. The molecule has 6 heteroatoms. The van der Waals surface area contributed by atoms with Crippen LogP contribution in [0.5, 0.6) is 0 Å². The number of aryl methyl sites for hydroxylation is 2. The zero-order valence-electron chi connectivity index (χ0n) is 10.5. The molecule has 0 unspecified atom stereocenters. The van der Waals surface area contributed by atoms with Crippen molar-refractivity contribution in [1.82, 2.24) is 10.2 Å². The fraction of sp³-hybridized carbons (Fsp3) is 0.308. The van der Waals surface area contributed by atoms with E-state index in [1.165, 1.54) is 11.3 Å². The Labute approximate surface area is 120 Å². The molecular weight excluding hydrogens is 282 g/mol. The molecule has 0 aliphatic rings. The summed E-state index contributed by atoms with van der Waals surface area (Å²) in [6, 6.07) is 7.42. The molecule has 2 rings (SSSR count). The zero-order chi connectivity index (χ0) is 13.7. The number of carbonyl (C=O) groups is 1. The van der Waals surface area contributed by atoms with Crippen LogP contribution in [0.25, 0.3) is 0 Å². The number of hydrogen-bond acceptors (Lipinski definition) is 4. The number of nitrogens with one attached hydrogen (secondary N) is 1. The van der Waals surface area contributed by atoms with Crippen LogP contribution in [0.2, 0.25) is 0 Å². The van der Waals surface area contributed by atoms with Crippen LogP contribution in [0.3, 0.4) is 0 Å². The number of hydrogen-bond donors (Lipinski definition) is 1. The van der Waals surface area contributed by atoms with Gasteiger partial charge >= 0.3 is 0 Å². The predicted molar refractivity (Wildman–Crippen MR) is 78.1 cm³/mol. The molecule has 0 saturated heterocycles. The van der Waals surface area contributed by atoms with Gasteiger partial charge in [-0.15, -0.1) is 21.8 Å². The van der Waals surface area contributed by atoms with E-state index in [0.717, 1.165) is 23.4 Å². The maximum absolute atomic E-state index is 12.0. The normalized spacial score (nSPS) is 10.4. The van der Waals surface area contributed by atoms with Gasteiger partial charge in [0.15, 0.2) is 0 Å². The molecule has 1 aromatic heterocycles. The molecule has 1 N–H and O–H groups in total. The number of alkyl halides is 1. The lowest BCUT2D eigenvalue weighted by Crippen LogP contribution is -2.11. The van der Waals surface area contributed by atoms with Crippen molar-refractivity contribution in [3.63, 3.8) is 0 Å². The van der Waals surface area contributed by atoms with E-state index in [-0.39, 0.29) is 5.91 Å². The first-order valence-electron chi connectivity index (χ1n) is 5.95. The number of anilines is 1. The number of halogens is 1. The Balaban J connectivity index is 2.00. The molecule has 0 bridgehead atoms. The van der Waals surface area contributed by atoms with E-state index in [1.54, 1.807) is 6.07 Å². The van der Waals surface area contributed by atoms with Crippen molar-refractivity contribution in [3.8, 4) is 0 Å². The van der Waals surface area contributed by atoms with Crippen LogP contribution in [0.1, 0.15) is 27.3 Å². The van der Waals surface area contributed by atoms with Gasteiger partial charge in [0.1, 0.15) is 5.01 Å². The highest BCUT2D eigenvalue weighted by Gasteiger charge is 2.10. The van der Waals surface area contributed by atoms with Crippen LogP contribution < -0.4 is 5.32 Å². The van der Waals surface area contributed by atoms with Gasteiger partial charge in [0.05, 0.1) is 0 Å². The Hall–Kier alpha value is -1.46. The molecule has 2 aromatic rings. The summed E-state index contributed by atoms with van der Waals surface area (Å²) in [7, 11) is 0. The molecule has 4 nitrogen and oxygen atoms in total. The molecule has 1 amide bonds. The number of nitrogens with zero attached hydrogens (tertiary/aromatic N) is 2. The molecule has 0 spiro atoms. The van der Waals surface area contributed by atoms with Gasteiger partial charge in [0.2, 0.25) is 5.13 Å². The fourth-order valence-corrected chi connectivity index (χ4v) is 2.49. The predicted octanol–water partition coefficient (Wildman–Crippen LogP) is 3.27. The molecule has 1 heterocycles. The molecule has 0 radical (unpaired) electrons. The summed E-state index contributed by atoms with van der Waals surface area (Å²) in [4.78, 5) is 12.0. The highest BCUT2D eigenvalue weighted by Crippen LogP contribution is 2.18. The lowest BCUT2D eigenvalue weighted by atomic mass is 10.1. The van der Waals surface area contributed by atoms with Crippen LogP contribution in [-0.2, 0) is 6.42 Å². The second kappa shape index (κ2) is 6.63. The third-order valence-electron chi connectivity index (χ3n) is 2.49. The lowest BCUT2D eigenvalue weighted by molar-refractivity contribution is 0.102. The topological polar surface area (TPSA) is 54.9 Å². The summed E-state index contributed by atoms with van der Waals surface area (Å²) in [6.45, 7) is 1.95. The van der Waals surface area contributed by atoms with Gasteiger partial charge in [-0.3, -0.25) is 10.1 Å². The lowest BCUT2D eigenvalue weighted by Gasteiger charge is -2.01. The van der Waals surface area contributed by atoms with Crippen LogP contribution in [0.4, 0.5) is 5.13 Å². The van der Waals surface area contributed by atoms with Crippen molar-refractivity contribution in [3.05, 3.63) is 40.4 Å². The molecule has 1 aromatic carbocycles. The SMILES string of the molecule is Cc1cccc(C(=O)Nc2nnc(CCCCl)s2)c1. The molecular formula is C13H14ClN3OS. The van der Waals surface area contributed by atoms with Gasteiger partial charge in [-0.2, -0.15) is 0 Å². The van der Waals surface area contributed by atoms with Gasteiger partial charge in [-0.05, 0) is 25.5 Å². The van der Waals surface area contributed by atoms with Gasteiger partial charge in [-0.1, -0.05) is 29.0 Å². The Bertz CT molecular complexity index is 571. The van der Waals surface area contributed by atoms with Gasteiger partial charge in [-0.25, -0.2) is 0 Å². The zero-order valence-corrected chi connectivity index (χ0v) is 12.1. The average molecular weight is 296 g/mol. The summed E-state index contributed by atoms with van der Waals surface area (Å²) in [5.41, 5.74) is 1.67. The van der Waals surface area contributed by atoms with Crippen molar-refractivity contribution in [2.24, 2.45) is 0 Å². The van der Waals surface area contributed by atoms with Crippen molar-refractivity contribution >= 4 is 34.0 Å². The third kappa shape index (κ3) is 4.01. The van der Waals surface area contributed by atoms with Crippen LogP contribution in [0.15, 0.2) is 24.3 Å². The van der Waals surface area contributed by atoms with E-state index >= 15 is 0 Å². The second-order valence-corrected chi connectivity index (χ2v) is 5.56.